The summed E-state index contributed by atoms with van der Waals surface area (Å²) in [7, 11) is 0. The fraction of sp³-hybridized carbons (Fsp3) is 0.364. The van der Waals surface area contributed by atoms with Gasteiger partial charge in [0.2, 0.25) is 0 Å². The molecular weight excluding hydrogens is 294 g/mol. The molecule has 0 amide bonds. The van der Waals surface area contributed by atoms with Crippen molar-refractivity contribution in [2.45, 2.75) is 30.1 Å². The van der Waals surface area contributed by atoms with E-state index in [0.717, 1.165) is 23.9 Å². The third-order valence-corrected chi connectivity index (χ3v) is 4.30. The minimum atomic E-state index is -1.30. The van der Waals surface area contributed by atoms with Gasteiger partial charge in [0.15, 0.2) is 0 Å². The van der Waals surface area contributed by atoms with Crippen molar-refractivity contribution in [1.29, 1.82) is 0 Å². The molecule has 0 fully saturated rings. The zero-order chi connectivity index (χ0) is 14.7. The number of aromatic carboxylic acids is 1. The molecule has 2 atom stereocenters. The van der Waals surface area contributed by atoms with Gasteiger partial charge < -0.3 is 10.2 Å². The Morgan fingerprint density at radius 2 is 2.05 bits per heavy atom. The molecule has 0 aliphatic heterocycles. The Kier molecular flexibility index (Phi) is 5.16. The largest absolute Gasteiger partial charge is 0.478 e. The summed E-state index contributed by atoms with van der Waals surface area (Å²) in [5.41, 5.74) is -0.617. The van der Waals surface area contributed by atoms with Crippen LogP contribution in [0.15, 0.2) is 17.0 Å². The van der Waals surface area contributed by atoms with Gasteiger partial charge in [0.05, 0.1) is 21.6 Å². The van der Waals surface area contributed by atoms with Gasteiger partial charge in [-0.2, -0.15) is 0 Å². The summed E-state index contributed by atoms with van der Waals surface area (Å²) in [6.45, 7) is 3.27. The molecule has 0 spiro atoms. The first-order chi connectivity index (χ1) is 8.73. The first-order valence-electron chi connectivity index (χ1n) is 5.30. The van der Waals surface area contributed by atoms with Crippen LogP contribution in [0, 0.1) is 10.1 Å². The maximum Gasteiger partial charge on any atom is 0.337 e. The van der Waals surface area contributed by atoms with Crippen LogP contribution in [0.4, 0.5) is 5.69 Å². The standard InChI is InChI=1S/C11H12ClNO5S/c1-5(14)6(2)19-10-8(11(15)16)3-7(13(17)18)4-9(10)12/h3-6,14H,1-2H3,(H,15,16). The number of thioether (sulfide) groups is 1. The molecule has 19 heavy (non-hydrogen) atoms. The topological polar surface area (TPSA) is 101 Å². The molecule has 0 saturated carbocycles. The normalized spacial score (nSPS) is 13.9. The van der Waals surface area contributed by atoms with Gasteiger partial charge in [-0.1, -0.05) is 18.5 Å². The zero-order valence-electron chi connectivity index (χ0n) is 10.2. The Balaban J connectivity index is 3.30. The second kappa shape index (κ2) is 6.23. The molecule has 6 nitrogen and oxygen atoms in total. The lowest BCUT2D eigenvalue weighted by molar-refractivity contribution is -0.384. The number of aliphatic hydroxyl groups is 1. The highest BCUT2D eigenvalue weighted by atomic mass is 35.5. The second-order valence-electron chi connectivity index (χ2n) is 3.93. The molecule has 1 rings (SSSR count). The summed E-state index contributed by atoms with van der Waals surface area (Å²) in [6.07, 6.45) is -0.669. The molecule has 0 bridgehead atoms. The summed E-state index contributed by atoms with van der Waals surface area (Å²) in [6, 6.07) is 2.07. The Labute approximate surface area is 118 Å². The van der Waals surface area contributed by atoms with E-state index in [9.17, 15) is 20.0 Å². The van der Waals surface area contributed by atoms with Gasteiger partial charge in [-0.3, -0.25) is 10.1 Å². The molecule has 0 aliphatic carbocycles. The lowest BCUT2D eigenvalue weighted by atomic mass is 10.2. The number of benzene rings is 1. The fourth-order valence-electron chi connectivity index (χ4n) is 1.25. The first kappa shape index (κ1) is 15.7. The van der Waals surface area contributed by atoms with Crippen LogP contribution in [0.25, 0.3) is 0 Å². The number of rotatable bonds is 5. The summed E-state index contributed by atoms with van der Waals surface area (Å²) in [5.74, 6) is -1.30. The highest BCUT2D eigenvalue weighted by Gasteiger charge is 2.23. The van der Waals surface area contributed by atoms with E-state index in [-0.39, 0.29) is 26.4 Å². The van der Waals surface area contributed by atoms with E-state index in [2.05, 4.69) is 0 Å². The Bertz CT molecular complexity index is 520. The van der Waals surface area contributed by atoms with Crippen molar-refractivity contribution in [2.24, 2.45) is 0 Å². The number of carboxylic acid groups (broad SMARTS) is 1. The number of nitrogens with zero attached hydrogens (tertiary/aromatic N) is 1. The smallest absolute Gasteiger partial charge is 0.337 e. The number of carboxylic acids is 1. The molecule has 1 aromatic carbocycles. The molecular formula is C11H12ClNO5S. The lowest BCUT2D eigenvalue weighted by Gasteiger charge is -2.16. The van der Waals surface area contributed by atoms with Crippen molar-refractivity contribution in [2.75, 3.05) is 0 Å². The van der Waals surface area contributed by atoms with E-state index in [1.807, 2.05) is 0 Å². The second-order valence-corrected chi connectivity index (χ2v) is 5.72. The van der Waals surface area contributed by atoms with Crippen molar-refractivity contribution in [1.82, 2.24) is 0 Å². The molecule has 2 N–H and O–H groups in total. The number of nitro benzene ring substituents is 1. The summed E-state index contributed by atoms with van der Waals surface area (Å²) in [5, 5.41) is 28.9. The Morgan fingerprint density at radius 1 is 1.47 bits per heavy atom. The van der Waals surface area contributed by atoms with Crippen molar-refractivity contribution in [3.8, 4) is 0 Å². The van der Waals surface area contributed by atoms with Gasteiger partial charge in [0, 0.05) is 22.3 Å². The third-order valence-electron chi connectivity index (χ3n) is 2.45. The number of hydrogen-bond donors (Lipinski definition) is 2. The van der Waals surface area contributed by atoms with E-state index in [0.29, 0.717) is 0 Å². The van der Waals surface area contributed by atoms with Crippen LogP contribution >= 0.6 is 23.4 Å². The minimum Gasteiger partial charge on any atom is -0.478 e. The number of non-ortho nitro benzene ring substituents is 1. The highest BCUT2D eigenvalue weighted by Crippen LogP contribution is 2.37. The fourth-order valence-corrected chi connectivity index (χ4v) is 2.61. The van der Waals surface area contributed by atoms with Crippen molar-refractivity contribution in [3.05, 3.63) is 32.8 Å². The van der Waals surface area contributed by atoms with Gasteiger partial charge in [-0.25, -0.2) is 4.79 Å². The molecule has 0 saturated heterocycles. The summed E-state index contributed by atoms with van der Waals surface area (Å²) >= 11 is 6.97. The van der Waals surface area contributed by atoms with Gasteiger partial charge in [0.25, 0.3) is 5.69 Å². The van der Waals surface area contributed by atoms with E-state index in [1.54, 1.807) is 13.8 Å². The van der Waals surface area contributed by atoms with Gasteiger partial charge in [0.1, 0.15) is 0 Å². The van der Waals surface area contributed by atoms with Gasteiger partial charge >= 0.3 is 5.97 Å². The first-order valence-corrected chi connectivity index (χ1v) is 6.55. The van der Waals surface area contributed by atoms with Crippen LogP contribution < -0.4 is 0 Å². The summed E-state index contributed by atoms with van der Waals surface area (Å²) < 4.78 is 0. The van der Waals surface area contributed by atoms with E-state index < -0.39 is 17.0 Å². The predicted octanol–water partition coefficient (Wildman–Crippen LogP) is 2.81. The molecule has 0 aliphatic rings. The van der Waals surface area contributed by atoms with Crippen LogP contribution in [0.3, 0.4) is 0 Å². The van der Waals surface area contributed by atoms with Crippen molar-refractivity contribution in [3.63, 3.8) is 0 Å². The average Bonchev–Trinajstić information content (AvgIpc) is 2.30. The number of nitro groups is 1. The van der Waals surface area contributed by atoms with Crippen LogP contribution in [0.5, 0.6) is 0 Å². The average molecular weight is 306 g/mol. The minimum absolute atomic E-state index is 0.0101. The molecule has 0 radical (unpaired) electrons. The van der Waals surface area contributed by atoms with Crippen molar-refractivity contribution >= 4 is 35.0 Å². The molecule has 2 unspecified atom stereocenters. The summed E-state index contributed by atoms with van der Waals surface area (Å²) in [4.78, 5) is 21.3. The quantitative estimate of drug-likeness (QED) is 0.493. The maximum absolute atomic E-state index is 11.1. The van der Waals surface area contributed by atoms with Gasteiger partial charge in [-0.15, -0.1) is 11.8 Å². The number of hydrogen-bond acceptors (Lipinski definition) is 5. The molecule has 0 aromatic heterocycles. The van der Waals surface area contributed by atoms with E-state index in [1.165, 1.54) is 0 Å². The third kappa shape index (κ3) is 3.82. The van der Waals surface area contributed by atoms with Crippen LogP contribution in [-0.4, -0.2) is 32.5 Å². The molecule has 104 valence electrons. The van der Waals surface area contributed by atoms with Crippen LogP contribution in [0.2, 0.25) is 5.02 Å². The van der Waals surface area contributed by atoms with Crippen LogP contribution in [-0.2, 0) is 0 Å². The number of aliphatic hydroxyl groups excluding tert-OH is 1. The number of carbonyl (C=O) groups is 1. The predicted molar refractivity (Wildman–Crippen MR) is 72.1 cm³/mol. The molecule has 0 heterocycles. The van der Waals surface area contributed by atoms with E-state index >= 15 is 0 Å². The Hall–Kier alpha value is -1.31. The van der Waals surface area contributed by atoms with Crippen molar-refractivity contribution < 1.29 is 19.9 Å². The SMILES string of the molecule is CC(O)C(C)Sc1c(Cl)cc([N+](=O)[O-])cc1C(=O)O. The molecule has 8 heteroatoms. The van der Waals surface area contributed by atoms with E-state index in [4.69, 9.17) is 16.7 Å². The molecule has 1 aromatic rings. The zero-order valence-corrected chi connectivity index (χ0v) is 11.7. The Morgan fingerprint density at radius 3 is 2.47 bits per heavy atom. The van der Waals surface area contributed by atoms with Gasteiger partial charge in [-0.05, 0) is 6.92 Å². The highest BCUT2D eigenvalue weighted by molar-refractivity contribution is 8.00. The number of halogens is 1. The monoisotopic (exact) mass is 305 g/mol. The lowest BCUT2D eigenvalue weighted by Crippen LogP contribution is -2.16. The van der Waals surface area contributed by atoms with Crippen LogP contribution in [0.1, 0.15) is 24.2 Å². The maximum atomic E-state index is 11.1.